The molecule has 0 amide bonds. The van der Waals surface area contributed by atoms with Crippen LogP contribution in [0.3, 0.4) is 0 Å². The van der Waals surface area contributed by atoms with E-state index in [-0.39, 0.29) is 26.1 Å². The molecule has 0 aliphatic rings. The van der Waals surface area contributed by atoms with Crippen molar-refractivity contribution >= 4 is 23.9 Å². The normalized spacial score (nSPS) is 12.3. The van der Waals surface area contributed by atoms with Crippen molar-refractivity contribution in [2.45, 2.75) is 99.3 Å². The number of rotatable bonds is 15. The van der Waals surface area contributed by atoms with E-state index in [1.54, 1.807) is 41.5 Å². The number of hydrogen-bond donors (Lipinski definition) is 2. The van der Waals surface area contributed by atoms with Crippen molar-refractivity contribution in [1.82, 2.24) is 0 Å². The molecule has 8 heteroatoms. The van der Waals surface area contributed by atoms with E-state index < -0.39 is 40.1 Å². The topological polar surface area (TPSA) is 127 Å². The number of aliphatic carboxylic acids is 2. The summed E-state index contributed by atoms with van der Waals surface area (Å²) in [5.41, 5.74) is -3.04. The maximum Gasteiger partial charge on any atom is 0.316 e. The molecule has 0 bridgehead atoms. The molecule has 0 radical (unpaired) electrons. The average molecular weight is 459 g/mol. The van der Waals surface area contributed by atoms with E-state index in [0.29, 0.717) is 12.8 Å². The number of carbonyl (C=O) groups is 4. The van der Waals surface area contributed by atoms with Gasteiger partial charge >= 0.3 is 23.9 Å². The lowest BCUT2D eigenvalue weighted by Gasteiger charge is -2.31. The molecule has 0 fully saturated rings. The Labute approximate surface area is 192 Å². The third kappa shape index (κ3) is 12.1. The Hall–Kier alpha value is -2.12. The van der Waals surface area contributed by atoms with Gasteiger partial charge in [-0.05, 0) is 54.4 Å². The molecule has 0 rings (SSSR count). The first-order valence-corrected chi connectivity index (χ1v) is 11.4. The summed E-state index contributed by atoms with van der Waals surface area (Å²) in [7, 11) is 0. The van der Waals surface area contributed by atoms with Crippen molar-refractivity contribution in [1.29, 1.82) is 0 Å². The molecule has 0 atom stereocenters. The maximum atomic E-state index is 12.2. The highest BCUT2D eigenvalue weighted by molar-refractivity contribution is 5.79. The number of esters is 2. The summed E-state index contributed by atoms with van der Waals surface area (Å²) in [4.78, 5) is 47.2. The second-order valence-corrected chi connectivity index (χ2v) is 10.6. The van der Waals surface area contributed by atoms with Gasteiger partial charge in [0, 0.05) is 6.42 Å². The van der Waals surface area contributed by atoms with E-state index in [1.165, 1.54) is 0 Å². The fourth-order valence-corrected chi connectivity index (χ4v) is 2.88. The van der Waals surface area contributed by atoms with Crippen molar-refractivity contribution in [2.75, 3.05) is 13.2 Å². The van der Waals surface area contributed by atoms with E-state index in [9.17, 15) is 24.3 Å². The number of hydrogen-bond acceptors (Lipinski definition) is 6. The zero-order valence-electron chi connectivity index (χ0n) is 20.6. The second kappa shape index (κ2) is 13.4. The summed E-state index contributed by atoms with van der Waals surface area (Å²) in [6, 6.07) is 0. The van der Waals surface area contributed by atoms with Crippen LogP contribution in [0.2, 0.25) is 0 Å². The van der Waals surface area contributed by atoms with Crippen LogP contribution in [0.5, 0.6) is 0 Å². The van der Waals surface area contributed by atoms with Gasteiger partial charge in [0.05, 0.1) is 10.8 Å². The van der Waals surface area contributed by atoms with Crippen molar-refractivity contribution in [3.8, 4) is 0 Å². The number of carboxylic acid groups (broad SMARTS) is 2. The summed E-state index contributed by atoms with van der Waals surface area (Å²) in [6.45, 7) is 9.42. The third-order valence-corrected chi connectivity index (χ3v) is 5.18. The van der Waals surface area contributed by atoms with Crippen molar-refractivity contribution in [3.63, 3.8) is 0 Å². The van der Waals surface area contributed by atoms with Gasteiger partial charge in [-0.3, -0.25) is 19.2 Å². The van der Waals surface area contributed by atoms with Crippen molar-refractivity contribution in [2.24, 2.45) is 16.2 Å². The molecule has 0 spiro atoms. The van der Waals surface area contributed by atoms with Crippen LogP contribution in [0.4, 0.5) is 0 Å². The molecule has 0 aliphatic heterocycles. The molecule has 8 nitrogen and oxygen atoms in total. The fourth-order valence-electron chi connectivity index (χ4n) is 2.88. The summed E-state index contributed by atoms with van der Waals surface area (Å²) >= 11 is 0. The fraction of sp³-hybridized carbons (Fsp3) is 0.833. The van der Waals surface area contributed by atoms with Crippen molar-refractivity contribution in [3.05, 3.63) is 0 Å². The Morgan fingerprint density at radius 3 is 1.34 bits per heavy atom. The van der Waals surface area contributed by atoms with E-state index >= 15 is 0 Å². The summed E-state index contributed by atoms with van der Waals surface area (Å²) < 4.78 is 10.7. The first-order chi connectivity index (χ1) is 14.6. The molecule has 0 saturated carbocycles. The van der Waals surface area contributed by atoms with Gasteiger partial charge in [0.1, 0.15) is 18.6 Å². The van der Waals surface area contributed by atoms with Gasteiger partial charge in [0.2, 0.25) is 0 Å². The first-order valence-electron chi connectivity index (χ1n) is 11.4. The summed E-state index contributed by atoms with van der Waals surface area (Å²) in [5.74, 6) is -2.96. The van der Waals surface area contributed by atoms with Gasteiger partial charge in [-0.25, -0.2) is 0 Å². The van der Waals surface area contributed by atoms with E-state index in [1.807, 2.05) is 0 Å². The molecule has 186 valence electrons. The van der Waals surface area contributed by atoms with Crippen LogP contribution in [-0.2, 0) is 28.7 Å². The first kappa shape index (κ1) is 29.9. The van der Waals surface area contributed by atoms with E-state index in [2.05, 4.69) is 0 Å². The lowest BCUT2D eigenvalue weighted by atomic mass is 9.83. The van der Waals surface area contributed by atoms with Crippen LogP contribution in [0.25, 0.3) is 0 Å². The second-order valence-electron chi connectivity index (χ2n) is 10.6. The highest BCUT2D eigenvalue weighted by Gasteiger charge is 2.43. The largest absolute Gasteiger partial charge is 0.481 e. The van der Waals surface area contributed by atoms with Crippen molar-refractivity contribution < 1.29 is 38.9 Å². The molecule has 0 heterocycles. The maximum absolute atomic E-state index is 12.2. The lowest BCUT2D eigenvalue weighted by Crippen LogP contribution is -2.43. The van der Waals surface area contributed by atoms with Crippen LogP contribution in [0, 0.1) is 16.2 Å². The Balaban J connectivity index is 4.91. The van der Waals surface area contributed by atoms with Gasteiger partial charge in [-0.2, -0.15) is 0 Å². The van der Waals surface area contributed by atoms with E-state index in [0.717, 1.165) is 32.1 Å². The number of ether oxygens (including phenoxy) is 2. The smallest absolute Gasteiger partial charge is 0.316 e. The molecule has 32 heavy (non-hydrogen) atoms. The Morgan fingerprint density at radius 2 is 1.00 bits per heavy atom. The van der Waals surface area contributed by atoms with Gasteiger partial charge in [-0.15, -0.1) is 0 Å². The number of unbranched alkanes of at least 4 members (excludes halogenated alkanes) is 6. The molecular formula is C24H42O8. The zero-order chi connectivity index (χ0) is 25.0. The number of carboxylic acids is 2. The lowest BCUT2D eigenvalue weighted by molar-refractivity contribution is -0.174. The quantitative estimate of drug-likeness (QED) is 0.264. The minimum atomic E-state index is -1.50. The van der Waals surface area contributed by atoms with Crippen LogP contribution in [0.15, 0.2) is 0 Å². The SMILES string of the molecule is CC(C)(C)C(=O)OCC(CCCCCCCCCC(=O)O)(COC(=O)C(C)(C)C)C(=O)O. The average Bonchev–Trinajstić information content (AvgIpc) is 2.65. The molecule has 0 unspecified atom stereocenters. The summed E-state index contributed by atoms with van der Waals surface area (Å²) in [6.07, 6.45) is 6.06. The number of carbonyl (C=O) groups excluding carboxylic acids is 2. The molecule has 0 aromatic heterocycles. The highest BCUT2D eigenvalue weighted by Crippen LogP contribution is 2.30. The van der Waals surface area contributed by atoms with Crippen LogP contribution in [0.1, 0.15) is 99.3 Å². The summed E-state index contributed by atoms with van der Waals surface area (Å²) in [5, 5.41) is 18.6. The Morgan fingerprint density at radius 1 is 0.625 bits per heavy atom. The Bertz CT molecular complexity index is 595. The van der Waals surface area contributed by atoms with Gasteiger partial charge in [0.15, 0.2) is 0 Å². The Kier molecular flexibility index (Phi) is 12.5. The van der Waals surface area contributed by atoms with Gasteiger partial charge in [-0.1, -0.05) is 38.5 Å². The van der Waals surface area contributed by atoms with Gasteiger partial charge < -0.3 is 19.7 Å². The predicted molar refractivity (Wildman–Crippen MR) is 120 cm³/mol. The van der Waals surface area contributed by atoms with Gasteiger partial charge in [0.25, 0.3) is 0 Å². The highest BCUT2D eigenvalue weighted by atomic mass is 16.6. The molecule has 0 aliphatic carbocycles. The molecule has 0 saturated heterocycles. The van der Waals surface area contributed by atoms with Crippen LogP contribution in [-0.4, -0.2) is 47.3 Å². The molecule has 2 N–H and O–H groups in total. The minimum absolute atomic E-state index is 0.182. The molecule has 0 aromatic rings. The standard InChI is InChI=1S/C24H42O8/c1-22(2,3)20(29)31-16-24(19(27)28,17-32-21(30)23(4,5)6)15-13-11-9-7-8-10-12-14-18(25)26/h7-17H2,1-6H3,(H,25,26)(H,27,28). The van der Waals surface area contributed by atoms with E-state index in [4.69, 9.17) is 14.6 Å². The monoisotopic (exact) mass is 458 g/mol. The molecular weight excluding hydrogens is 416 g/mol. The molecule has 0 aromatic carbocycles. The van der Waals surface area contributed by atoms with Crippen LogP contribution >= 0.6 is 0 Å². The predicted octanol–water partition coefficient (Wildman–Crippen LogP) is 4.83. The third-order valence-electron chi connectivity index (χ3n) is 5.18. The van der Waals surface area contributed by atoms with Crippen LogP contribution < -0.4 is 0 Å². The zero-order valence-corrected chi connectivity index (χ0v) is 20.6. The minimum Gasteiger partial charge on any atom is -0.481 e.